The first-order valence-corrected chi connectivity index (χ1v) is 8.18. The highest BCUT2D eigenvalue weighted by molar-refractivity contribution is 6.17. The number of hydrogen-bond donors (Lipinski definition) is 0. The zero-order valence-electron chi connectivity index (χ0n) is 12.6. The summed E-state index contributed by atoms with van der Waals surface area (Å²) in [6.45, 7) is 6.88. The Kier molecular flexibility index (Phi) is 3.76. The minimum Gasteiger partial charge on any atom is -0.325 e. The van der Waals surface area contributed by atoms with Crippen LogP contribution in [0.5, 0.6) is 0 Å². The van der Waals surface area contributed by atoms with Crippen LogP contribution >= 0.6 is 11.6 Å². The molecule has 1 aliphatic rings. The second-order valence-electron chi connectivity index (χ2n) is 6.31. The van der Waals surface area contributed by atoms with Crippen LogP contribution in [0.15, 0.2) is 18.2 Å². The molecule has 3 unspecified atom stereocenters. The van der Waals surface area contributed by atoms with Gasteiger partial charge in [-0.1, -0.05) is 19.9 Å². The van der Waals surface area contributed by atoms with E-state index in [-0.39, 0.29) is 0 Å². The Balaban J connectivity index is 2.14. The SMILES string of the molecule is Cc1ccc2c(c1)nc(CCCl)n2C1CCC(C)C1C. The Morgan fingerprint density at radius 3 is 2.75 bits per heavy atom. The molecule has 108 valence electrons. The molecule has 1 aromatic carbocycles. The minimum absolute atomic E-state index is 0.580. The van der Waals surface area contributed by atoms with Crippen LogP contribution < -0.4 is 0 Å². The monoisotopic (exact) mass is 290 g/mol. The highest BCUT2D eigenvalue weighted by atomic mass is 35.5. The van der Waals surface area contributed by atoms with E-state index in [0.29, 0.717) is 17.8 Å². The number of aryl methyl sites for hydroxylation is 2. The first-order valence-electron chi connectivity index (χ1n) is 7.65. The molecular weight excluding hydrogens is 268 g/mol. The molecule has 0 saturated heterocycles. The molecule has 0 N–H and O–H groups in total. The summed E-state index contributed by atoms with van der Waals surface area (Å²) in [5.74, 6) is 3.31. The predicted octanol–water partition coefficient (Wildman–Crippen LogP) is 4.73. The standard InChI is InChI=1S/C17H23ClN2/c1-11-4-6-16-14(10-11)19-17(8-9-18)20(16)15-7-5-12(2)13(15)3/h4,6,10,12-13,15H,5,7-9H2,1-3H3. The quantitative estimate of drug-likeness (QED) is 0.747. The van der Waals surface area contributed by atoms with E-state index in [9.17, 15) is 0 Å². The third-order valence-electron chi connectivity index (χ3n) is 4.99. The topological polar surface area (TPSA) is 17.8 Å². The van der Waals surface area contributed by atoms with E-state index >= 15 is 0 Å². The fourth-order valence-electron chi connectivity index (χ4n) is 3.59. The van der Waals surface area contributed by atoms with Gasteiger partial charge in [0.2, 0.25) is 0 Å². The second kappa shape index (κ2) is 5.40. The van der Waals surface area contributed by atoms with Crippen molar-refractivity contribution in [3.63, 3.8) is 0 Å². The zero-order valence-corrected chi connectivity index (χ0v) is 13.3. The maximum absolute atomic E-state index is 5.99. The summed E-state index contributed by atoms with van der Waals surface area (Å²) in [4.78, 5) is 4.85. The molecule has 0 aliphatic heterocycles. The van der Waals surface area contributed by atoms with E-state index in [0.717, 1.165) is 23.7 Å². The molecule has 3 rings (SSSR count). The molecule has 0 spiro atoms. The molecule has 2 nitrogen and oxygen atoms in total. The Morgan fingerprint density at radius 2 is 2.10 bits per heavy atom. The lowest BCUT2D eigenvalue weighted by Crippen LogP contribution is -2.17. The van der Waals surface area contributed by atoms with Crippen molar-refractivity contribution >= 4 is 22.6 Å². The van der Waals surface area contributed by atoms with E-state index in [1.807, 2.05) is 0 Å². The van der Waals surface area contributed by atoms with Crippen LogP contribution in [0.4, 0.5) is 0 Å². The lowest BCUT2D eigenvalue weighted by atomic mass is 9.97. The molecule has 0 bridgehead atoms. The largest absolute Gasteiger partial charge is 0.325 e. The molecule has 3 atom stereocenters. The van der Waals surface area contributed by atoms with Crippen LogP contribution in [0.25, 0.3) is 11.0 Å². The normalized spacial score (nSPS) is 26.5. The van der Waals surface area contributed by atoms with Crippen molar-refractivity contribution in [2.24, 2.45) is 11.8 Å². The Bertz CT molecular complexity index is 617. The molecule has 1 fully saturated rings. The highest BCUT2D eigenvalue weighted by Gasteiger charge is 2.33. The molecule has 1 saturated carbocycles. The fourth-order valence-corrected chi connectivity index (χ4v) is 3.76. The number of benzene rings is 1. The van der Waals surface area contributed by atoms with Gasteiger partial charge in [-0.2, -0.15) is 0 Å². The van der Waals surface area contributed by atoms with Crippen LogP contribution in [0.3, 0.4) is 0 Å². The zero-order chi connectivity index (χ0) is 14.3. The van der Waals surface area contributed by atoms with Crippen molar-refractivity contribution in [1.82, 2.24) is 9.55 Å². The van der Waals surface area contributed by atoms with Crippen LogP contribution in [0.2, 0.25) is 0 Å². The average Bonchev–Trinajstić information content (AvgIpc) is 2.91. The molecule has 0 amide bonds. The van der Waals surface area contributed by atoms with E-state index in [1.165, 1.54) is 23.9 Å². The number of aromatic nitrogens is 2. The first-order chi connectivity index (χ1) is 9.61. The van der Waals surface area contributed by atoms with Crippen LogP contribution in [0, 0.1) is 18.8 Å². The molecular formula is C17H23ClN2. The van der Waals surface area contributed by atoms with Crippen molar-refractivity contribution in [1.29, 1.82) is 0 Å². The smallest absolute Gasteiger partial charge is 0.111 e. The summed E-state index contributed by atoms with van der Waals surface area (Å²) in [5.41, 5.74) is 3.67. The molecule has 20 heavy (non-hydrogen) atoms. The van der Waals surface area contributed by atoms with Crippen molar-refractivity contribution < 1.29 is 0 Å². The number of imidazole rings is 1. The average molecular weight is 291 g/mol. The maximum Gasteiger partial charge on any atom is 0.111 e. The summed E-state index contributed by atoms with van der Waals surface area (Å²) >= 11 is 5.99. The van der Waals surface area contributed by atoms with Gasteiger partial charge in [-0.3, -0.25) is 0 Å². The third kappa shape index (κ3) is 2.24. The summed E-state index contributed by atoms with van der Waals surface area (Å²) in [6.07, 6.45) is 3.43. The van der Waals surface area contributed by atoms with Crippen LogP contribution in [0.1, 0.15) is 44.1 Å². The molecule has 3 heteroatoms. The molecule has 2 aromatic rings. The van der Waals surface area contributed by atoms with Crippen molar-refractivity contribution in [3.05, 3.63) is 29.6 Å². The lowest BCUT2D eigenvalue weighted by Gasteiger charge is -2.22. The summed E-state index contributed by atoms with van der Waals surface area (Å²) in [7, 11) is 0. The summed E-state index contributed by atoms with van der Waals surface area (Å²) in [6, 6.07) is 7.18. The van der Waals surface area contributed by atoms with Crippen LogP contribution in [-0.4, -0.2) is 15.4 Å². The second-order valence-corrected chi connectivity index (χ2v) is 6.69. The van der Waals surface area contributed by atoms with Gasteiger partial charge in [-0.05, 0) is 49.3 Å². The first kappa shape index (κ1) is 13.9. The van der Waals surface area contributed by atoms with Gasteiger partial charge < -0.3 is 4.57 Å². The molecule has 1 heterocycles. The number of fused-ring (bicyclic) bond motifs is 1. The lowest BCUT2D eigenvalue weighted by molar-refractivity contribution is 0.352. The van der Waals surface area contributed by atoms with Crippen molar-refractivity contribution in [2.45, 2.75) is 46.1 Å². The van der Waals surface area contributed by atoms with Crippen LogP contribution in [-0.2, 0) is 6.42 Å². The molecule has 1 aliphatic carbocycles. The van der Waals surface area contributed by atoms with E-state index in [2.05, 4.69) is 43.5 Å². The van der Waals surface area contributed by atoms with Gasteiger partial charge in [-0.25, -0.2) is 4.98 Å². The van der Waals surface area contributed by atoms with Crippen molar-refractivity contribution in [3.8, 4) is 0 Å². The number of nitrogens with zero attached hydrogens (tertiary/aromatic N) is 2. The van der Waals surface area contributed by atoms with E-state index in [1.54, 1.807) is 0 Å². The van der Waals surface area contributed by atoms with Gasteiger partial charge >= 0.3 is 0 Å². The Morgan fingerprint density at radius 1 is 1.30 bits per heavy atom. The summed E-state index contributed by atoms with van der Waals surface area (Å²) < 4.78 is 2.48. The van der Waals surface area contributed by atoms with Gasteiger partial charge in [0.25, 0.3) is 0 Å². The third-order valence-corrected chi connectivity index (χ3v) is 5.18. The molecule has 1 aromatic heterocycles. The van der Waals surface area contributed by atoms with Gasteiger partial charge in [0.15, 0.2) is 0 Å². The highest BCUT2D eigenvalue weighted by Crippen LogP contribution is 2.42. The van der Waals surface area contributed by atoms with E-state index < -0.39 is 0 Å². The van der Waals surface area contributed by atoms with Gasteiger partial charge in [0, 0.05) is 18.3 Å². The predicted molar refractivity (Wildman–Crippen MR) is 85.5 cm³/mol. The summed E-state index contributed by atoms with van der Waals surface area (Å²) in [5, 5.41) is 0. The number of rotatable bonds is 3. The Hall–Kier alpha value is -1.02. The fraction of sp³-hybridized carbons (Fsp3) is 0.588. The van der Waals surface area contributed by atoms with Gasteiger partial charge in [0.1, 0.15) is 5.82 Å². The number of alkyl halides is 1. The minimum atomic E-state index is 0.580. The molecule has 0 radical (unpaired) electrons. The number of hydrogen-bond acceptors (Lipinski definition) is 1. The van der Waals surface area contributed by atoms with Gasteiger partial charge in [0.05, 0.1) is 11.0 Å². The van der Waals surface area contributed by atoms with Crippen molar-refractivity contribution in [2.75, 3.05) is 5.88 Å². The Labute approximate surface area is 126 Å². The maximum atomic E-state index is 5.99. The van der Waals surface area contributed by atoms with E-state index in [4.69, 9.17) is 16.6 Å². The van der Waals surface area contributed by atoms with Gasteiger partial charge in [-0.15, -0.1) is 11.6 Å². The number of halogens is 1.